The second-order valence-electron chi connectivity index (χ2n) is 7.99. The van der Waals surface area contributed by atoms with E-state index < -0.39 is 53.0 Å². The van der Waals surface area contributed by atoms with Gasteiger partial charge in [-0.3, -0.25) is 0 Å². The van der Waals surface area contributed by atoms with Crippen molar-refractivity contribution in [3.63, 3.8) is 0 Å². The van der Waals surface area contributed by atoms with Gasteiger partial charge in [0, 0.05) is 17.7 Å². The number of carboxylic acid groups (broad SMARTS) is 1. The molecule has 11 heteroatoms. The topological polar surface area (TPSA) is 59.4 Å². The molecule has 4 nitrogen and oxygen atoms in total. The standard InChI is InChI=1S/C25H16ClF6NO3/c26-18-5-6-21(33-23(18)24(34)35)15-3-1-2-14(15)16-8-12(25(30,31)32)4-7-22(16)36-11-17-19(28)9-13(27)10-20(17)29/h4-10H,1-3,11H2,(H,34,35). The maximum Gasteiger partial charge on any atom is 0.416 e. The van der Waals surface area contributed by atoms with Crippen LogP contribution in [0.4, 0.5) is 26.3 Å². The van der Waals surface area contributed by atoms with Crippen molar-refractivity contribution in [3.05, 3.63) is 93.0 Å². The third-order valence-corrected chi connectivity index (χ3v) is 5.99. The molecule has 1 N–H and O–H groups in total. The molecule has 0 saturated carbocycles. The second kappa shape index (κ2) is 9.85. The molecule has 0 aliphatic heterocycles. The van der Waals surface area contributed by atoms with Gasteiger partial charge in [-0.25, -0.2) is 22.9 Å². The van der Waals surface area contributed by atoms with Gasteiger partial charge in [-0.1, -0.05) is 11.6 Å². The van der Waals surface area contributed by atoms with Crippen LogP contribution in [0.1, 0.15) is 52.1 Å². The fourth-order valence-corrected chi connectivity index (χ4v) is 4.20. The van der Waals surface area contributed by atoms with E-state index in [0.717, 1.165) is 18.2 Å². The normalized spacial score (nSPS) is 13.9. The summed E-state index contributed by atoms with van der Waals surface area (Å²) in [4.78, 5) is 15.5. The molecule has 188 valence electrons. The predicted molar refractivity (Wildman–Crippen MR) is 119 cm³/mol. The van der Waals surface area contributed by atoms with E-state index in [9.17, 15) is 36.2 Å². The minimum absolute atomic E-state index is 0.0221. The van der Waals surface area contributed by atoms with Crippen molar-refractivity contribution in [2.45, 2.75) is 32.0 Å². The van der Waals surface area contributed by atoms with Crippen LogP contribution < -0.4 is 4.74 Å². The number of aromatic nitrogens is 1. The Labute approximate surface area is 205 Å². The molecule has 0 amide bonds. The zero-order valence-electron chi connectivity index (χ0n) is 18.2. The number of rotatable bonds is 6. The summed E-state index contributed by atoms with van der Waals surface area (Å²) in [5.74, 6) is -4.98. The van der Waals surface area contributed by atoms with Crippen LogP contribution in [0.3, 0.4) is 0 Å². The number of aromatic carboxylic acids is 1. The molecular formula is C25H16ClF6NO3. The summed E-state index contributed by atoms with van der Waals surface area (Å²) < 4.78 is 87.4. The maximum absolute atomic E-state index is 14.1. The van der Waals surface area contributed by atoms with Crippen molar-refractivity contribution >= 4 is 28.7 Å². The first-order valence-electron chi connectivity index (χ1n) is 10.6. The highest BCUT2D eigenvalue weighted by atomic mass is 35.5. The van der Waals surface area contributed by atoms with E-state index in [1.165, 1.54) is 12.1 Å². The first kappa shape index (κ1) is 25.6. The maximum atomic E-state index is 14.1. The zero-order chi connectivity index (χ0) is 26.2. The average Bonchev–Trinajstić information content (AvgIpc) is 3.27. The number of pyridine rings is 1. The number of ether oxygens (including phenoxy) is 1. The lowest BCUT2D eigenvalue weighted by molar-refractivity contribution is -0.137. The molecule has 0 saturated heterocycles. The number of carbonyl (C=O) groups is 1. The van der Waals surface area contributed by atoms with E-state index in [1.54, 1.807) is 0 Å². The predicted octanol–water partition coefficient (Wildman–Crippen LogP) is 7.54. The number of hydrogen-bond donors (Lipinski definition) is 1. The Balaban J connectivity index is 1.81. The number of benzene rings is 2. The Morgan fingerprint density at radius 1 is 1.00 bits per heavy atom. The van der Waals surface area contributed by atoms with Gasteiger partial charge in [0.15, 0.2) is 5.69 Å². The van der Waals surface area contributed by atoms with Gasteiger partial charge in [0.1, 0.15) is 29.8 Å². The van der Waals surface area contributed by atoms with Crippen molar-refractivity contribution in [1.82, 2.24) is 4.98 Å². The van der Waals surface area contributed by atoms with Crippen LogP contribution in [0.25, 0.3) is 11.1 Å². The minimum atomic E-state index is -4.68. The number of alkyl halides is 3. The fraction of sp³-hybridized carbons (Fsp3) is 0.200. The lowest BCUT2D eigenvalue weighted by atomic mass is 9.96. The molecule has 0 spiro atoms. The van der Waals surface area contributed by atoms with Gasteiger partial charge >= 0.3 is 12.1 Å². The fourth-order valence-electron chi connectivity index (χ4n) is 4.01. The van der Waals surface area contributed by atoms with Gasteiger partial charge in [-0.05, 0) is 60.7 Å². The zero-order valence-corrected chi connectivity index (χ0v) is 19.0. The van der Waals surface area contributed by atoms with Crippen LogP contribution in [-0.4, -0.2) is 16.1 Å². The Hall–Kier alpha value is -3.53. The lowest BCUT2D eigenvalue weighted by Crippen LogP contribution is -2.08. The SMILES string of the molecule is O=C(O)c1nc(C2=C(c3cc(C(F)(F)F)ccc3OCc3c(F)cc(F)cc3F)CCC2)ccc1Cl. The molecule has 1 aromatic heterocycles. The number of hydrogen-bond acceptors (Lipinski definition) is 3. The Morgan fingerprint density at radius 3 is 2.31 bits per heavy atom. The molecule has 1 heterocycles. The van der Waals surface area contributed by atoms with Gasteiger partial charge < -0.3 is 9.84 Å². The molecule has 3 aromatic rings. The largest absolute Gasteiger partial charge is 0.488 e. The smallest absolute Gasteiger partial charge is 0.416 e. The molecular weight excluding hydrogens is 512 g/mol. The van der Waals surface area contributed by atoms with Crippen LogP contribution in [-0.2, 0) is 12.8 Å². The Bertz CT molecular complexity index is 1360. The highest BCUT2D eigenvalue weighted by Crippen LogP contribution is 2.44. The third-order valence-electron chi connectivity index (χ3n) is 5.69. The number of halogens is 7. The monoisotopic (exact) mass is 527 g/mol. The van der Waals surface area contributed by atoms with E-state index in [2.05, 4.69) is 4.98 Å². The van der Waals surface area contributed by atoms with Crippen molar-refractivity contribution in [2.75, 3.05) is 0 Å². The van der Waals surface area contributed by atoms with E-state index >= 15 is 0 Å². The summed E-state index contributed by atoms with van der Waals surface area (Å²) in [6.45, 7) is -0.707. The quantitative estimate of drug-likeness (QED) is 0.336. The highest BCUT2D eigenvalue weighted by molar-refractivity contribution is 6.33. The molecule has 0 fully saturated rings. The highest BCUT2D eigenvalue weighted by Gasteiger charge is 2.33. The Morgan fingerprint density at radius 2 is 1.67 bits per heavy atom. The average molecular weight is 528 g/mol. The Kier molecular flexibility index (Phi) is 6.99. The minimum Gasteiger partial charge on any atom is -0.488 e. The molecule has 0 atom stereocenters. The lowest BCUT2D eigenvalue weighted by Gasteiger charge is -2.17. The van der Waals surface area contributed by atoms with E-state index in [-0.39, 0.29) is 22.0 Å². The molecule has 36 heavy (non-hydrogen) atoms. The summed E-state index contributed by atoms with van der Waals surface area (Å²) >= 11 is 5.89. The summed E-state index contributed by atoms with van der Waals surface area (Å²) in [7, 11) is 0. The molecule has 0 bridgehead atoms. The number of nitrogens with zero attached hydrogens (tertiary/aromatic N) is 1. The summed E-state index contributed by atoms with van der Waals surface area (Å²) in [6, 6.07) is 6.42. The first-order chi connectivity index (χ1) is 17.0. The van der Waals surface area contributed by atoms with E-state index in [1.807, 2.05) is 0 Å². The molecule has 1 aliphatic rings. The summed E-state index contributed by atoms with van der Waals surface area (Å²) in [5, 5.41) is 9.23. The van der Waals surface area contributed by atoms with Crippen molar-refractivity contribution in [2.24, 2.45) is 0 Å². The van der Waals surface area contributed by atoms with Gasteiger partial charge in [0.25, 0.3) is 0 Å². The van der Waals surface area contributed by atoms with Gasteiger partial charge in [-0.2, -0.15) is 13.2 Å². The van der Waals surface area contributed by atoms with Crippen molar-refractivity contribution in [3.8, 4) is 5.75 Å². The van der Waals surface area contributed by atoms with Gasteiger partial charge in [-0.15, -0.1) is 0 Å². The van der Waals surface area contributed by atoms with Crippen LogP contribution in [0, 0.1) is 17.5 Å². The van der Waals surface area contributed by atoms with E-state index in [0.29, 0.717) is 42.5 Å². The van der Waals surface area contributed by atoms with Gasteiger partial charge in [0.05, 0.1) is 21.8 Å². The van der Waals surface area contributed by atoms with Crippen LogP contribution >= 0.6 is 11.6 Å². The van der Waals surface area contributed by atoms with E-state index in [4.69, 9.17) is 16.3 Å². The molecule has 0 unspecified atom stereocenters. The van der Waals surface area contributed by atoms with Crippen LogP contribution in [0.2, 0.25) is 5.02 Å². The molecule has 1 aliphatic carbocycles. The number of carboxylic acids is 1. The molecule has 4 rings (SSSR count). The molecule has 2 aromatic carbocycles. The van der Waals surface area contributed by atoms with Crippen LogP contribution in [0.15, 0.2) is 42.5 Å². The summed E-state index contributed by atoms with van der Waals surface area (Å²) in [6.07, 6.45) is -3.44. The molecule has 0 radical (unpaired) electrons. The second-order valence-corrected chi connectivity index (χ2v) is 8.40. The van der Waals surface area contributed by atoms with Crippen LogP contribution in [0.5, 0.6) is 5.75 Å². The third kappa shape index (κ3) is 5.18. The van der Waals surface area contributed by atoms with Gasteiger partial charge in [0.2, 0.25) is 0 Å². The summed E-state index contributed by atoms with van der Waals surface area (Å²) in [5.41, 5.74) is -0.806. The van der Waals surface area contributed by atoms with Crippen molar-refractivity contribution in [1.29, 1.82) is 0 Å². The van der Waals surface area contributed by atoms with Crippen molar-refractivity contribution < 1.29 is 41.0 Å². The first-order valence-corrected chi connectivity index (χ1v) is 10.9. The number of allylic oxidation sites excluding steroid dienone is 2.